The van der Waals surface area contributed by atoms with Gasteiger partial charge in [0.1, 0.15) is 0 Å². The highest BCUT2D eigenvalue weighted by molar-refractivity contribution is 5.18. The minimum atomic E-state index is 0.191. The van der Waals surface area contributed by atoms with Crippen LogP contribution in [0.25, 0.3) is 0 Å². The number of hydrogen-bond acceptors (Lipinski definition) is 3. The van der Waals surface area contributed by atoms with Crippen LogP contribution in [0.4, 0.5) is 0 Å². The van der Waals surface area contributed by atoms with Crippen molar-refractivity contribution in [1.82, 2.24) is 10.2 Å². The molecule has 1 N–H and O–H groups in total. The van der Waals surface area contributed by atoms with E-state index < -0.39 is 0 Å². The SMILES string of the molecule is c1ccc(C(CNC2CC2)OCCN2CCCCC2)cc1. The van der Waals surface area contributed by atoms with Gasteiger partial charge in [0.15, 0.2) is 0 Å². The molecule has 116 valence electrons. The van der Waals surface area contributed by atoms with Crippen molar-refractivity contribution in [2.45, 2.75) is 44.2 Å². The predicted octanol–water partition coefficient (Wildman–Crippen LogP) is 2.98. The first-order chi connectivity index (χ1) is 10.4. The van der Waals surface area contributed by atoms with Gasteiger partial charge in [0.25, 0.3) is 0 Å². The van der Waals surface area contributed by atoms with Gasteiger partial charge in [-0.25, -0.2) is 0 Å². The number of likely N-dealkylation sites (tertiary alicyclic amines) is 1. The Hall–Kier alpha value is -0.900. The maximum absolute atomic E-state index is 6.20. The van der Waals surface area contributed by atoms with Crippen molar-refractivity contribution in [2.75, 3.05) is 32.8 Å². The Balaban J connectivity index is 1.46. The van der Waals surface area contributed by atoms with Gasteiger partial charge in [-0.1, -0.05) is 36.8 Å². The Labute approximate surface area is 128 Å². The number of rotatable bonds is 8. The van der Waals surface area contributed by atoms with Crippen LogP contribution in [0.1, 0.15) is 43.8 Å². The van der Waals surface area contributed by atoms with Gasteiger partial charge < -0.3 is 15.0 Å². The zero-order chi connectivity index (χ0) is 14.3. The zero-order valence-electron chi connectivity index (χ0n) is 13.0. The molecule has 1 unspecified atom stereocenters. The standard InChI is InChI=1S/C18H28N2O/c1-3-7-16(8-4-1)18(15-19-17-9-10-17)21-14-13-20-11-5-2-6-12-20/h1,3-4,7-8,17-19H,2,5-6,9-15H2. The summed E-state index contributed by atoms with van der Waals surface area (Å²) in [6.07, 6.45) is 6.95. The van der Waals surface area contributed by atoms with E-state index in [4.69, 9.17) is 4.74 Å². The van der Waals surface area contributed by atoms with Gasteiger partial charge in [0, 0.05) is 19.1 Å². The number of ether oxygens (including phenoxy) is 1. The van der Waals surface area contributed by atoms with Crippen LogP contribution in [-0.4, -0.2) is 43.7 Å². The van der Waals surface area contributed by atoms with E-state index in [0.717, 1.165) is 25.7 Å². The van der Waals surface area contributed by atoms with Crippen LogP contribution in [0.3, 0.4) is 0 Å². The monoisotopic (exact) mass is 288 g/mol. The zero-order valence-corrected chi connectivity index (χ0v) is 13.0. The van der Waals surface area contributed by atoms with E-state index in [1.165, 1.54) is 50.8 Å². The fourth-order valence-corrected chi connectivity index (χ4v) is 3.01. The molecule has 0 spiro atoms. The molecule has 3 nitrogen and oxygen atoms in total. The molecule has 1 aliphatic carbocycles. The van der Waals surface area contributed by atoms with Crippen molar-refractivity contribution >= 4 is 0 Å². The van der Waals surface area contributed by atoms with Crippen LogP contribution in [0.2, 0.25) is 0 Å². The lowest BCUT2D eigenvalue weighted by Gasteiger charge is -2.27. The second-order valence-corrected chi connectivity index (χ2v) is 6.35. The molecule has 3 heteroatoms. The predicted molar refractivity (Wildman–Crippen MR) is 86.5 cm³/mol. The molecule has 0 aromatic heterocycles. The lowest BCUT2D eigenvalue weighted by atomic mass is 10.1. The molecule has 2 fully saturated rings. The lowest BCUT2D eigenvalue weighted by Crippen LogP contribution is -2.34. The summed E-state index contributed by atoms with van der Waals surface area (Å²) >= 11 is 0. The molecule has 1 saturated heterocycles. The Kier molecular flexibility index (Phi) is 5.67. The highest BCUT2D eigenvalue weighted by Crippen LogP contribution is 2.22. The molecule has 3 rings (SSSR count). The molecule has 1 aliphatic heterocycles. The van der Waals surface area contributed by atoms with E-state index in [-0.39, 0.29) is 6.10 Å². The summed E-state index contributed by atoms with van der Waals surface area (Å²) in [4.78, 5) is 2.54. The molecule has 1 atom stereocenters. The van der Waals surface area contributed by atoms with Crippen molar-refractivity contribution < 1.29 is 4.74 Å². The quantitative estimate of drug-likeness (QED) is 0.796. The Morgan fingerprint density at radius 1 is 1.10 bits per heavy atom. The number of benzene rings is 1. The van der Waals surface area contributed by atoms with E-state index >= 15 is 0 Å². The molecule has 2 aliphatic rings. The highest BCUT2D eigenvalue weighted by atomic mass is 16.5. The van der Waals surface area contributed by atoms with Crippen LogP contribution < -0.4 is 5.32 Å². The van der Waals surface area contributed by atoms with Crippen molar-refractivity contribution in [3.8, 4) is 0 Å². The van der Waals surface area contributed by atoms with Crippen LogP contribution in [0.5, 0.6) is 0 Å². The number of nitrogens with zero attached hydrogens (tertiary/aromatic N) is 1. The van der Waals surface area contributed by atoms with E-state index in [2.05, 4.69) is 40.5 Å². The normalized spacial score (nSPS) is 21.3. The third-order valence-corrected chi connectivity index (χ3v) is 4.52. The molecular formula is C18H28N2O. The molecular weight excluding hydrogens is 260 g/mol. The van der Waals surface area contributed by atoms with Gasteiger partial charge in [-0.15, -0.1) is 0 Å². The summed E-state index contributed by atoms with van der Waals surface area (Å²) < 4.78 is 6.20. The van der Waals surface area contributed by atoms with Gasteiger partial charge in [0.2, 0.25) is 0 Å². The second-order valence-electron chi connectivity index (χ2n) is 6.35. The minimum Gasteiger partial charge on any atom is -0.371 e. The number of nitrogens with one attached hydrogen (secondary N) is 1. The first-order valence-electron chi connectivity index (χ1n) is 8.54. The van der Waals surface area contributed by atoms with Crippen molar-refractivity contribution in [2.24, 2.45) is 0 Å². The lowest BCUT2D eigenvalue weighted by molar-refractivity contribution is 0.0335. The fourth-order valence-electron chi connectivity index (χ4n) is 3.01. The maximum Gasteiger partial charge on any atom is 0.0949 e. The Morgan fingerprint density at radius 3 is 2.57 bits per heavy atom. The smallest absolute Gasteiger partial charge is 0.0949 e. The molecule has 0 bridgehead atoms. The van der Waals surface area contributed by atoms with Crippen LogP contribution in [0, 0.1) is 0 Å². The van der Waals surface area contributed by atoms with Gasteiger partial charge in [-0.05, 0) is 44.3 Å². The largest absolute Gasteiger partial charge is 0.371 e. The van der Waals surface area contributed by atoms with E-state index in [1.54, 1.807) is 0 Å². The van der Waals surface area contributed by atoms with E-state index in [0.29, 0.717) is 0 Å². The molecule has 1 aromatic rings. The molecule has 1 saturated carbocycles. The van der Waals surface area contributed by atoms with Crippen molar-refractivity contribution in [3.05, 3.63) is 35.9 Å². The molecule has 1 heterocycles. The topological polar surface area (TPSA) is 24.5 Å². The third-order valence-electron chi connectivity index (χ3n) is 4.52. The van der Waals surface area contributed by atoms with Crippen molar-refractivity contribution in [3.63, 3.8) is 0 Å². The summed E-state index contributed by atoms with van der Waals surface area (Å²) in [7, 11) is 0. The molecule has 1 aromatic carbocycles. The molecule has 0 amide bonds. The van der Waals surface area contributed by atoms with Gasteiger partial charge in [-0.2, -0.15) is 0 Å². The summed E-state index contributed by atoms with van der Waals surface area (Å²) in [6.45, 7) is 5.35. The van der Waals surface area contributed by atoms with Gasteiger partial charge >= 0.3 is 0 Å². The average Bonchev–Trinajstić information content (AvgIpc) is 3.37. The number of hydrogen-bond donors (Lipinski definition) is 1. The fraction of sp³-hybridized carbons (Fsp3) is 0.667. The van der Waals surface area contributed by atoms with Crippen LogP contribution >= 0.6 is 0 Å². The Bertz CT molecular complexity index is 399. The Morgan fingerprint density at radius 2 is 1.86 bits per heavy atom. The summed E-state index contributed by atoms with van der Waals surface area (Å²) in [5, 5.41) is 3.61. The number of piperidine rings is 1. The molecule has 0 radical (unpaired) electrons. The average molecular weight is 288 g/mol. The summed E-state index contributed by atoms with van der Waals surface area (Å²) in [6, 6.07) is 11.4. The van der Waals surface area contributed by atoms with E-state index in [1.807, 2.05) is 0 Å². The van der Waals surface area contributed by atoms with Crippen LogP contribution in [-0.2, 0) is 4.74 Å². The van der Waals surface area contributed by atoms with Crippen LogP contribution in [0.15, 0.2) is 30.3 Å². The first kappa shape index (κ1) is 15.0. The summed E-state index contributed by atoms with van der Waals surface area (Å²) in [5.41, 5.74) is 1.30. The van der Waals surface area contributed by atoms with Gasteiger partial charge in [0.05, 0.1) is 12.7 Å². The first-order valence-corrected chi connectivity index (χ1v) is 8.54. The van der Waals surface area contributed by atoms with Gasteiger partial charge in [-0.3, -0.25) is 0 Å². The molecule has 21 heavy (non-hydrogen) atoms. The van der Waals surface area contributed by atoms with Crippen molar-refractivity contribution in [1.29, 1.82) is 0 Å². The second kappa shape index (κ2) is 7.92. The highest BCUT2D eigenvalue weighted by Gasteiger charge is 2.22. The third kappa shape index (κ3) is 5.10. The summed E-state index contributed by atoms with van der Waals surface area (Å²) in [5.74, 6) is 0. The minimum absolute atomic E-state index is 0.191. The maximum atomic E-state index is 6.20. The van der Waals surface area contributed by atoms with E-state index in [9.17, 15) is 0 Å².